The van der Waals surface area contributed by atoms with Crippen LogP contribution in [-0.2, 0) is 19.2 Å². The molecule has 5 atom stereocenters. The van der Waals surface area contributed by atoms with Crippen LogP contribution in [0.5, 0.6) is 0 Å². The Bertz CT molecular complexity index is 593. The summed E-state index contributed by atoms with van der Waals surface area (Å²) in [6.45, 7) is 6.78. The second-order valence-electron chi connectivity index (χ2n) is 7.73. The molecule has 0 saturated carbocycles. The number of carboxylic acid groups (broad SMARTS) is 1. The predicted molar refractivity (Wildman–Crippen MR) is 101 cm³/mol. The number of aliphatic carboxylic acids is 1. The van der Waals surface area contributed by atoms with Gasteiger partial charge < -0.3 is 31.5 Å². The number of nitrogens with zero attached hydrogens (tertiary/aromatic N) is 1. The van der Waals surface area contributed by atoms with Crippen molar-refractivity contribution in [2.75, 3.05) is 6.54 Å². The Balaban J connectivity index is 2.91. The molecule has 1 rings (SSSR count). The maximum Gasteiger partial charge on any atom is 0.326 e. The average Bonchev–Trinajstić information content (AvgIpc) is 3.07. The molecular formula is C18H32N4O6. The number of carbonyl (C=O) groups is 4. The molecule has 160 valence electrons. The third kappa shape index (κ3) is 6.45. The third-order valence-electron chi connectivity index (χ3n) is 4.62. The summed E-state index contributed by atoms with van der Waals surface area (Å²) in [5, 5.41) is 24.2. The van der Waals surface area contributed by atoms with E-state index in [1.165, 1.54) is 18.7 Å². The van der Waals surface area contributed by atoms with Crippen molar-refractivity contribution in [3.63, 3.8) is 0 Å². The number of nitrogens with two attached hydrogens (primary N) is 1. The van der Waals surface area contributed by atoms with Gasteiger partial charge >= 0.3 is 5.97 Å². The summed E-state index contributed by atoms with van der Waals surface area (Å²) >= 11 is 0. The Labute approximate surface area is 164 Å². The van der Waals surface area contributed by atoms with E-state index in [4.69, 9.17) is 5.73 Å². The Morgan fingerprint density at radius 2 is 1.75 bits per heavy atom. The molecule has 10 heteroatoms. The van der Waals surface area contributed by atoms with Gasteiger partial charge in [0.15, 0.2) is 0 Å². The summed E-state index contributed by atoms with van der Waals surface area (Å²) in [4.78, 5) is 50.0. The number of carboxylic acids is 1. The van der Waals surface area contributed by atoms with Crippen molar-refractivity contribution in [1.82, 2.24) is 15.5 Å². The number of rotatable bonds is 9. The van der Waals surface area contributed by atoms with Gasteiger partial charge in [-0.1, -0.05) is 13.8 Å². The molecule has 1 aliphatic heterocycles. The minimum absolute atomic E-state index is 0.0656. The van der Waals surface area contributed by atoms with Crippen LogP contribution >= 0.6 is 0 Å². The molecule has 0 aromatic carbocycles. The zero-order valence-corrected chi connectivity index (χ0v) is 16.8. The van der Waals surface area contributed by atoms with Gasteiger partial charge in [-0.15, -0.1) is 0 Å². The zero-order chi connectivity index (χ0) is 21.6. The molecule has 10 nitrogen and oxygen atoms in total. The number of aliphatic hydroxyl groups excluding tert-OH is 1. The van der Waals surface area contributed by atoms with Crippen molar-refractivity contribution in [3.8, 4) is 0 Å². The predicted octanol–water partition coefficient (Wildman–Crippen LogP) is -1.19. The Hall–Kier alpha value is -2.20. The zero-order valence-electron chi connectivity index (χ0n) is 16.8. The van der Waals surface area contributed by atoms with Crippen LogP contribution in [0.4, 0.5) is 0 Å². The standard InChI is InChI=1S/C18H32N4O6/c1-9(2)8-12(18(27)28)20-16(25)13-6-5-7-22(13)17(26)14(11(4)23)21-15(24)10(3)19/h9-14,23H,5-8,19H2,1-4H3,(H,20,25)(H,21,24)(H,27,28). The topological polar surface area (TPSA) is 162 Å². The van der Waals surface area contributed by atoms with Crippen molar-refractivity contribution in [2.45, 2.75) is 77.2 Å². The SMILES string of the molecule is CC(C)CC(NC(=O)C1CCCN1C(=O)C(NC(=O)C(C)N)C(C)O)C(=O)O. The number of nitrogens with one attached hydrogen (secondary N) is 2. The first-order chi connectivity index (χ1) is 13.0. The minimum atomic E-state index is -1.24. The summed E-state index contributed by atoms with van der Waals surface area (Å²) in [7, 11) is 0. The lowest BCUT2D eigenvalue weighted by molar-refractivity contribution is -0.146. The van der Waals surface area contributed by atoms with Crippen molar-refractivity contribution in [3.05, 3.63) is 0 Å². The van der Waals surface area contributed by atoms with Gasteiger partial charge in [-0.25, -0.2) is 4.79 Å². The van der Waals surface area contributed by atoms with Gasteiger partial charge in [0.25, 0.3) is 0 Å². The Kier molecular flexibility index (Phi) is 8.83. The molecule has 1 saturated heterocycles. The van der Waals surface area contributed by atoms with E-state index < -0.39 is 54.0 Å². The fourth-order valence-corrected chi connectivity index (χ4v) is 3.12. The Morgan fingerprint density at radius 3 is 2.21 bits per heavy atom. The first-order valence-electron chi connectivity index (χ1n) is 9.53. The number of likely N-dealkylation sites (tertiary alicyclic amines) is 1. The van der Waals surface area contributed by atoms with Gasteiger partial charge in [-0.3, -0.25) is 14.4 Å². The highest BCUT2D eigenvalue weighted by Gasteiger charge is 2.40. The quantitative estimate of drug-likeness (QED) is 0.325. The van der Waals surface area contributed by atoms with E-state index in [1.807, 2.05) is 13.8 Å². The molecular weight excluding hydrogens is 368 g/mol. The van der Waals surface area contributed by atoms with E-state index in [1.54, 1.807) is 0 Å². The van der Waals surface area contributed by atoms with E-state index in [-0.39, 0.29) is 18.9 Å². The summed E-state index contributed by atoms with van der Waals surface area (Å²) in [6, 6.07) is -4.00. The van der Waals surface area contributed by atoms with Gasteiger partial charge in [0.1, 0.15) is 18.1 Å². The molecule has 0 aliphatic carbocycles. The average molecular weight is 400 g/mol. The molecule has 0 bridgehead atoms. The smallest absolute Gasteiger partial charge is 0.326 e. The van der Waals surface area contributed by atoms with Gasteiger partial charge in [0.05, 0.1) is 12.1 Å². The number of hydrogen-bond donors (Lipinski definition) is 5. The first kappa shape index (κ1) is 23.8. The summed E-state index contributed by atoms with van der Waals surface area (Å²) < 4.78 is 0. The highest BCUT2D eigenvalue weighted by molar-refractivity contribution is 5.94. The lowest BCUT2D eigenvalue weighted by atomic mass is 10.0. The van der Waals surface area contributed by atoms with Gasteiger partial charge in [0, 0.05) is 6.54 Å². The summed E-state index contributed by atoms with van der Waals surface area (Å²) in [6.07, 6.45) is 0.00803. The van der Waals surface area contributed by atoms with E-state index in [2.05, 4.69) is 10.6 Å². The monoisotopic (exact) mass is 400 g/mol. The molecule has 0 aromatic rings. The van der Waals surface area contributed by atoms with Gasteiger partial charge in [-0.05, 0) is 39.0 Å². The van der Waals surface area contributed by atoms with Crippen LogP contribution in [0, 0.1) is 5.92 Å². The largest absolute Gasteiger partial charge is 0.480 e. The molecule has 0 aromatic heterocycles. The fourth-order valence-electron chi connectivity index (χ4n) is 3.12. The van der Waals surface area contributed by atoms with Crippen LogP contribution in [0.2, 0.25) is 0 Å². The summed E-state index contributed by atoms with van der Waals surface area (Å²) in [5.41, 5.74) is 5.50. The molecule has 1 aliphatic rings. The molecule has 6 N–H and O–H groups in total. The van der Waals surface area contributed by atoms with Crippen LogP contribution < -0.4 is 16.4 Å². The molecule has 5 unspecified atom stereocenters. The second-order valence-corrected chi connectivity index (χ2v) is 7.73. The Morgan fingerprint density at radius 1 is 1.14 bits per heavy atom. The minimum Gasteiger partial charge on any atom is -0.480 e. The molecule has 1 fully saturated rings. The molecule has 0 spiro atoms. The van der Waals surface area contributed by atoms with Crippen LogP contribution in [0.15, 0.2) is 0 Å². The first-order valence-corrected chi connectivity index (χ1v) is 9.53. The maximum atomic E-state index is 12.9. The van der Waals surface area contributed by atoms with Crippen LogP contribution in [-0.4, -0.2) is 75.6 Å². The highest BCUT2D eigenvalue weighted by Crippen LogP contribution is 2.20. The maximum absolute atomic E-state index is 12.9. The van der Waals surface area contributed by atoms with Crippen LogP contribution in [0.1, 0.15) is 47.0 Å². The van der Waals surface area contributed by atoms with Crippen molar-refractivity contribution < 1.29 is 29.4 Å². The van der Waals surface area contributed by atoms with E-state index in [9.17, 15) is 29.4 Å². The van der Waals surface area contributed by atoms with Crippen molar-refractivity contribution in [1.29, 1.82) is 0 Å². The molecule has 0 radical (unpaired) electrons. The van der Waals surface area contributed by atoms with Gasteiger partial charge in [0.2, 0.25) is 17.7 Å². The van der Waals surface area contributed by atoms with Crippen LogP contribution in [0.25, 0.3) is 0 Å². The lowest BCUT2D eigenvalue weighted by Crippen LogP contribution is -2.59. The fraction of sp³-hybridized carbons (Fsp3) is 0.778. The molecule has 28 heavy (non-hydrogen) atoms. The van der Waals surface area contributed by atoms with Crippen LogP contribution in [0.3, 0.4) is 0 Å². The molecule has 3 amide bonds. The van der Waals surface area contributed by atoms with E-state index >= 15 is 0 Å². The van der Waals surface area contributed by atoms with E-state index in [0.29, 0.717) is 12.8 Å². The number of aliphatic hydroxyl groups is 1. The normalized spacial score (nSPS) is 21.0. The van der Waals surface area contributed by atoms with E-state index in [0.717, 1.165) is 0 Å². The number of amides is 3. The van der Waals surface area contributed by atoms with Crippen molar-refractivity contribution >= 4 is 23.7 Å². The molecule has 1 heterocycles. The number of carbonyl (C=O) groups excluding carboxylic acids is 3. The van der Waals surface area contributed by atoms with Gasteiger partial charge in [-0.2, -0.15) is 0 Å². The van der Waals surface area contributed by atoms with Crippen molar-refractivity contribution in [2.24, 2.45) is 11.7 Å². The highest BCUT2D eigenvalue weighted by atomic mass is 16.4. The number of hydrogen-bond acceptors (Lipinski definition) is 6. The second kappa shape index (κ2) is 10.4. The third-order valence-corrected chi connectivity index (χ3v) is 4.62. The summed E-state index contributed by atoms with van der Waals surface area (Å²) in [5.74, 6) is -2.82. The lowest BCUT2D eigenvalue weighted by Gasteiger charge is -2.31.